The normalized spacial score (nSPS) is 16.0. The molecular weight excluding hydrogens is 300 g/mol. The zero-order valence-electron chi connectivity index (χ0n) is 13.8. The van der Waals surface area contributed by atoms with E-state index in [2.05, 4.69) is 10.6 Å². The third-order valence-electron chi connectivity index (χ3n) is 4.78. The first-order chi connectivity index (χ1) is 11.7. The van der Waals surface area contributed by atoms with Crippen LogP contribution in [0.5, 0.6) is 0 Å². The molecule has 24 heavy (non-hydrogen) atoms. The summed E-state index contributed by atoms with van der Waals surface area (Å²) in [5.74, 6) is -0.108. The van der Waals surface area contributed by atoms with E-state index in [1.165, 1.54) is 12.8 Å². The fraction of sp³-hybridized carbons (Fsp3) is 0.350. The Morgan fingerprint density at radius 3 is 2.29 bits per heavy atom. The molecule has 1 amide bonds. The van der Waals surface area contributed by atoms with Gasteiger partial charge in [-0.3, -0.25) is 4.79 Å². The Morgan fingerprint density at radius 1 is 1.00 bits per heavy atom. The average molecular weight is 324 g/mol. The predicted molar refractivity (Wildman–Crippen MR) is 96.0 cm³/mol. The van der Waals surface area contributed by atoms with Gasteiger partial charge >= 0.3 is 0 Å². The second-order valence-electron chi connectivity index (χ2n) is 6.52. The molecule has 0 aliphatic heterocycles. The van der Waals surface area contributed by atoms with E-state index >= 15 is 0 Å². The maximum atomic E-state index is 12.2. The maximum absolute atomic E-state index is 12.2. The number of aliphatic hydroxyl groups excluding tert-OH is 1. The highest BCUT2D eigenvalue weighted by molar-refractivity contribution is 6.04. The van der Waals surface area contributed by atoms with E-state index in [-0.39, 0.29) is 18.1 Å². The number of anilines is 1. The van der Waals surface area contributed by atoms with Crippen LogP contribution >= 0.6 is 0 Å². The van der Waals surface area contributed by atoms with Gasteiger partial charge in [0, 0.05) is 23.3 Å². The number of carbonyl (C=O) groups is 1. The number of carbonyl (C=O) groups excluding carboxylic acids is 1. The van der Waals surface area contributed by atoms with Crippen molar-refractivity contribution in [3.63, 3.8) is 0 Å². The Kier molecular flexibility index (Phi) is 5.28. The first-order valence-electron chi connectivity index (χ1n) is 8.52. The first-order valence-corrected chi connectivity index (χ1v) is 8.52. The quantitative estimate of drug-likeness (QED) is 0.764. The highest BCUT2D eigenvalue weighted by atomic mass is 16.3. The number of nitrogens with one attached hydrogen (secondary N) is 2. The molecule has 126 valence electrons. The Morgan fingerprint density at radius 2 is 1.67 bits per heavy atom. The maximum Gasteiger partial charge on any atom is 0.255 e. The van der Waals surface area contributed by atoms with Crippen molar-refractivity contribution in [2.45, 2.75) is 37.8 Å². The van der Waals surface area contributed by atoms with Gasteiger partial charge in [-0.05, 0) is 42.7 Å². The number of amides is 1. The van der Waals surface area contributed by atoms with Gasteiger partial charge in [-0.1, -0.05) is 43.2 Å². The second kappa shape index (κ2) is 7.60. The van der Waals surface area contributed by atoms with Crippen molar-refractivity contribution in [2.75, 3.05) is 11.9 Å². The van der Waals surface area contributed by atoms with Crippen LogP contribution in [-0.4, -0.2) is 23.2 Å². The van der Waals surface area contributed by atoms with Crippen molar-refractivity contribution in [3.05, 3.63) is 65.7 Å². The molecule has 0 saturated heterocycles. The van der Waals surface area contributed by atoms with Crippen molar-refractivity contribution in [1.29, 1.82) is 0 Å². The van der Waals surface area contributed by atoms with Gasteiger partial charge < -0.3 is 15.7 Å². The van der Waals surface area contributed by atoms with Crippen LogP contribution in [0.4, 0.5) is 5.69 Å². The minimum absolute atomic E-state index is 0.108. The second-order valence-corrected chi connectivity index (χ2v) is 6.52. The molecule has 3 N–H and O–H groups in total. The predicted octanol–water partition coefficient (Wildman–Crippen LogP) is 3.33. The van der Waals surface area contributed by atoms with Crippen LogP contribution in [-0.2, 0) is 6.54 Å². The van der Waals surface area contributed by atoms with Crippen LogP contribution in [0.1, 0.15) is 41.6 Å². The SMILES string of the molecule is O=C(Nc1ccccc1)c1ccc(CNC2(CO)CCCC2)cc1. The zero-order valence-corrected chi connectivity index (χ0v) is 13.8. The summed E-state index contributed by atoms with van der Waals surface area (Å²) in [6.45, 7) is 0.895. The van der Waals surface area contributed by atoms with Crippen LogP contribution in [0.15, 0.2) is 54.6 Å². The summed E-state index contributed by atoms with van der Waals surface area (Å²) >= 11 is 0. The number of hydrogen-bond acceptors (Lipinski definition) is 3. The average Bonchev–Trinajstić information content (AvgIpc) is 3.11. The van der Waals surface area contributed by atoms with Crippen molar-refractivity contribution in [3.8, 4) is 0 Å². The third kappa shape index (κ3) is 4.02. The summed E-state index contributed by atoms with van der Waals surface area (Å²) in [7, 11) is 0. The summed E-state index contributed by atoms with van der Waals surface area (Å²) in [6.07, 6.45) is 4.40. The zero-order chi connectivity index (χ0) is 16.8. The molecule has 0 heterocycles. The topological polar surface area (TPSA) is 61.4 Å². The number of para-hydroxylation sites is 1. The molecule has 3 rings (SSSR count). The molecule has 1 aliphatic rings. The van der Waals surface area contributed by atoms with Gasteiger partial charge in [-0.15, -0.1) is 0 Å². The van der Waals surface area contributed by atoms with Gasteiger partial charge in [-0.2, -0.15) is 0 Å². The lowest BCUT2D eigenvalue weighted by Crippen LogP contribution is -2.45. The molecule has 1 saturated carbocycles. The van der Waals surface area contributed by atoms with Crippen molar-refractivity contribution in [1.82, 2.24) is 5.32 Å². The van der Waals surface area contributed by atoms with Crippen molar-refractivity contribution < 1.29 is 9.90 Å². The fourth-order valence-electron chi connectivity index (χ4n) is 3.23. The van der Waals surface area contributed by atoms with Gasteiger partial charge in [-0.25, -0.2) is 0 Å². The Balaban J connectivity index is 1.58. The van der Waals surface area contributed by atoms with Crippen molar-refractivity contribution >= 4 is 11.6 Å². The first kappa shape index (κ1) is 16.7. The number of hydrogen-bond donors (Lipinski definition) is 3. The Hall–Kier alpha value is -2.17. The summed E-state index contributed by atoms with van der Waals surface area (Å²) in [5, 5.41) is 16.0. The molecule has 0 radical (unpaired) electrons. The van der Waals surface area contributed by atoms with E-state index in [0.29, 0.717) is 12.1 Å². The highest BCUT2D eigenvalue weighted by Gasteiger charge is 2.32. The summed E-state index contributed by atoms with van der Waals surface area (Å²) in [4.78, 5) is 12.2. The largest absolute Gasteiger partial charge is 0.394 e. The minimum atomic E-state index is -0.122. The molecule has 0 atom stereocenters. The summed E-state index contributed by atoms with van der Waals surface area (Å²) in [5.41, 5.74) is 2.43. The van der Waals surface area contributed by atoms with Gasteiger partial charge in [0.1, 0.15) is 0 Å². The van der Waals surface area contributed by atoms with Gasteiger partial charge in [0.05, 0.1) is 6.61 Å². The van der Waals surface area contributed by atoms with Crippen LogP contribution in [0, 0.1) is 0 Å². The van der Waals surface area contributed by atoms with E-state index in [1.807, 2.05) is 54.6 Å². The summed E-state index contributed by atoms with van der Waals surface area (Å²) < 4.78 is 0. The smallest absolute Gasteiger partial charge is 0.255 e. The number of rotatable bonds is 6. The molecule has 4 nitrogen and oxygen atoms in total. The molecule has 0 spiro atoms. The monoisotopic (exact) mass is 324 g/mol. The molecule has 1 fully saturated rings. The Bertz CT molecular complexity index is 662. The van der Waals surface area contributed by atoms with Crippen LogP contribution in [0.2, 0.25) is 0 Å². The standard InChI is InChI=1S/C20H24N2O2/c23-15-20(12-4-5-13-20)21-14-16-8-10-17(11-9-16)19(24)22-18-6-2-1-3-7-18/h1-3,6-11,21,23H,4-5,12-15H2,(H,22,24). The van der Waals surface area contributed by atoms with E-state index in [0.717, 1.165) is 24.1 Å². The van der Waals surface area contributed by atoms with Crippen molar-refractivity contribution in [2.24, 2.45) is 0 Å². The number of aliphatic hydroxyl groups is 1. The lowest BCUT2D eigenvalue weighted by atomic mass is 9.98. The van der Waals surface area contributed by atoms with E-state index in [9.17, 15) is 9.90 Å². The lowest BCUT2D eigenvalue weighted by molar-refractivity contribution is 0.102. The van der Waals surface area contributed by atoms with Gasteiger partial charge in [0.25, 0.3) is 5.91 Å². The van der Waals surface area contributed by atoms with E-state index < -0.39 is 0 Å². The molecule has 0 bridgehead atoms. The fourth-order valence-corrected chi connectivity index (χ4v) is 3.23. The molecule has 2 aromatic carbocycles. The van der Waals surface area contributed by atoms with E-state index in [1.54, 1.807) is 0 Å². The van der Waals surface area contributed by atoms with Gasteiger partial charge in [0.2, 0.25) is 0 Å². The van der Waals surface area contributed by atoms with E-state index in [4.69, 9.17) is 0 Å². The van der Waals surface area contributed by atoms with Crippen LogP contribution < -0.4 is 10.6 Å². The van der Waals surface area contributed by atoms with Crippen LogP contribution in [0.3, 0.4) is 0 Å². The molecule has 4 heteroatoms. The minimum Gasteiger partial charge on any atom is -0.394 e. The lowest BCUT2D eigenvalue weighted by Gasteiger charge is -2.28. The molecule has 0 unspecified atom stereocenters. The van der Waals surface area contributed by atoms with Crippen LogP contribution in [0.25, 0.3) is 0 Å². The highest BCUT2D eigenvalue weighted by Crippen LogP contribution is 2.29. The molecule has 1 aliphatic carbocycles. The van der Waals surface area contributed by atoms with Gasteiger partial charge in [0.15, 0.2) is 0 Å². The molecular formula is C20H24N2O2. The summed E-state index contributed by atoms with van der Waals surface area (Å²) in [6, 6.07) is 17.1. The molecule has 2 aromatic rings. The Labute approximate surface area is 142 Å². The third-order valence-corrected chi connectivity index (χ3v) is 4.78. The molecule has 0 aromatic heterocycles. The number of benzene rings is 2.